The molecular weight excluding hydrogens is 322 g/mol. The van der Waals surface area contributed by atoms with Gasteiger partial charge in [0, 0.05) is 0 Å². The van der Waals surface area contributed by atoms with Crippen molar-refractivity contribution in [3.8, 4) is 11.8 Å². The molecule has 1 aromatic heterocycles. The first-order chi connectivity index (χ1) is 11.5. The number of nitriles is 1. The first kappa shape index (κ1) is 16.5. The van der Waals surface area contributed by atoms with Gasteiger partial charge in [0.2, 0.25) is 5.91 Å². The van der Waals surface area contributed by atoms with E-state index < -0.39 is 5.54 Å². The molecule has 0 radical (unpaired) electrons. The summed E-state index contributed by atoms with van der Waals surface area (Å²) in [5.41, 5.74) is 1.33. The largest absolute Gasteiger partial charge is 0.337 e. The highest BCUT2D eigenvalue weighted by Gasteiger charge is 2.42. The molecule has 1 heterocycles. The van der Waals surface area contributed by atoms with Crippen molar-refractivity contribution in [3.63, 3.8) is 0 Å². The number of aryl methyl sites for hydroxylation is 1. The summed E-state index contributed by atoms with van der Waals surface area (Å²) in [5, 5.41) is 20.9. The van der Waals surface area contributed by atoms with Crippen LogP contribution in [0.15, 0.2) is 35.7 Å². The Bertz CT molecular complexity index is 792. The first-order valence-corrected chi connectivity index (χ1v) is 8.83. The topological polar surface area (TPSA) is 83.6 Å². The van der Waals surface area contributed by atoms with Crippen molar-refractivity contribution in [1.29, 1.82) is 5.26 Å². The maximum absolute atomic E-state index is 12.2. The molecule has 0 aliphatic heterocycles. The van der Waals surface area contributed by atoms with E-state index in [9.17, 15) is 10.1 Å². The van der Waals surface area contributed by atoms with Crippen LogP contribution in [0.1, 0.15) is 25.3 Å². The number of hydrogen-bond acceptors (Lipinski definition) is 5. The molecular formula is C17H19N5OS. The summed E-state index contributed by atoms with van der Waals surface area (Å²) >= 11 is 1.32. The van der Waals surface area contributed by atoms with E-state index in [1.54, 1.807) is 13.3 Å². The van der Waals surface area contributed by atoms with Crippen molar-refractivity contribution < 1.29 is 4.79 Å². The van der Waals surface area contributed by atoms with E-state index in [2.05, 4.69) is 21.6 Å². The third kappa shape index (κ3) is 3.44. The van der Waals surface area contributed by atoms with E-state index in [0.29, 0.717) is 5.16 Å². The molecule has 7 heteroatoms. The minimum atomic E-state index is -0.763. The van der Waals surface area contributed by atoms with Crippen molar-refractivity contribution in [2.45, 2.75) is 37.4 Å². The second-order valence-corrected chi connectivity index (χ2v) is 7.14. The van der Waals surface area contributed by atoms with Crippen LogP contribution >= 0.6 is 11.8 Å². The summed E-state index contributed by atoms with van der Waals surface area (Å²) in [6.07, 6.45) is 3.64. The number of amides is 1. The number of carbonyl (C=O) groups is 1. The molecule has 1 saturated carbocycles. The molecule has 1 amide bonds. The van der Waals surface area contributed by atoms with Gasteiger partial charge in [0.1, 0.15) is 11.9 Å². The quantitative estimate of drug-likeness (QED) is 0.816. The van der Waals surface area contributed by atoms with Gasteiger partial charge in [0.25, 0.3) is 0 Å². The highest BCUT2D eigenvalue weighted by molar-refractivity contribution is 7.99. The number of nitrogens with zero attached hydrogens (tertiary/aromatic N) is 4. The third-order valence-corrected chi connectivity index (χ3v) is 5.19. The standard InChI is InChI=1S/C17H19N5OS/c1-12-5-3-4-6-14(12)22-11-19-21-16(22)24-9-15(23)20-17(2,10-18)13-7-8-13/h3-6,11,13H,7-9H2,1-2H3,(H,20,23)/t17-/m0/s1. The maximum atomic E-state index is 12.2. The molecule has 1 aliphatic carbocycles. The van der Waals surface area contributed by atoms with Crippen molar-refractivity contribution >= 4 is 17.7 Å². The van der Waals surface area contributed by atoms with Crippen LogP contribution < -0.4 is 5.32 Å². The molecule has 0 bridgehead atoms. The molecule has 2 aromatic rings. The number of para-hydroxylation sites is 1. The summed E-state index contributed by atoms with van der Waals surface area (Å²) in [6.45, 7) is 3.81. The number of rotatable bonds is 6. The van der Waals surface area contributed by atoms with Gasteiger partial charge in [0.15, 0.2) is 5.16 Å². The van der Waals surface area contributed by atoms with Gasteiger partial charge in [0.05, 0.1) is 17.5 Å². The molecule has 124 valence electrons. The highest BCUT2D eigenvalue weighted by Crippen LogP contribution is 2.39. The van der Waals surface area contributed by atoms with Gasteiger partial charge in [-0.3, -0.25) is 9.36 Å². The fraction of sp³-hybridized carbons (Fsp3) is 0.412. The summed E-state index contributed by atoms with van der Waals surface area (Å²) in [4.78, 5) is 12.2. The van der Waals surface area contributed by atoms with E-state index >= 15 is 0 Å². The number of thioether (sulfide) groups is 1. The Labute approximate surface area is 145 Å². The molecule has 3 rings (SSSR count). The molecule has 1 aromatic carbocycles. The predicted octanol–water partition coefficient (Wildman–Crippen LogP) is 2.48. The molecule has 24 heavy (non-hydrogen) atoms. The number of benzene rings is 1. The normalized spacial score (nSPS) is 16.2. The van der Waals surface area contributed by atoms with Crippen molar-refractivity contribution in [3.05, 3.63) is 36.2 Å². The Morgan fingerprint density at radius 1 is 1.50 bits per heavy atom. The zero-order valence-electron chi connectivity index (χ0n) is 13.7. The van der Waals surface area contributed by atoms with Crippen LogP contribution in [-0.2, 0) is 4.79 Å². The van der Waals surface area contributed by atoms with Gasteiger partial charge in [-0.05, 0) is 44.2 Å². The van der Waals surface area contributed by atoms with Crippen LogP contribution in [0.3, 0.4) is 0 Å². The highest BCUT2D eigenvalue weighted by atomic mass is 32.2. The molecule has 0 spiro atoms. The van der Waals surface area contributed by atoms with Crippen LogP contribution in [0, 0.1) is 24.2 Å². The fourth-order valence-corrected chi connectivity index (χ4v) is 3.38. The van der Waals surface area contributed by atoms with Crippen LogP contribution in [0.5, 0.6) is 0 Å². The minimum Gasteiger partial charge on any atom is -0.337 e. The van der Waals surface area contributed by atoms with Gasteiger partial charge in [-0.1, -0.05) is 30.0 Å². The lowest BCUT2D eigenvalue weighted by atomic mass is 9.98. The van der Waals surface area contributed by atoms with Crippen molar-refractivity contribution in [2.75, 3.05) is 5.75 Å². The van der Waals surface area contributed by atoms with E-state index in [4.69, 9.17) is 0 Å². The summed E-state index contributed by atoms with van der Waals surface area (Å²) in [6, 6.07) is 10.2. The lowest BCUT2D eigenvalue weighted by Gasteiger charge is -2.22. The zero-order chi connectivity index (χ0) is 17.2. The SMILES string of the molecule is Cc1ccccc1-n1cnnc1SCC(=O)N[C@@](C)(C#N)C1CC1. The van der Waals surface area contributed by atoms with E-state index in [-0.39, 0.29) is 17.6 Å². The number of aromatic nitrogens is 3. The van der Waals surface area contributed by atoms with Crippen LogP contribution in [0.25, 0.3) is 5.69 Å². The molecule has 1 N–H and O–H groups in total. The number of carbonyl (C=O) groups excluding carboxylic acids is 1. The Kier molecular flexibility index (Phi) is 4.58. The second-order valence-electron chi connectivity index (χ2n) is 6.20. The summed E-state index contributed by atoms with van der Waals surface area (Å²) in [5.74, 6) is 0.316. The monoisotopic (exact) mass is 341 g/mol. The minimum absolute atomic E-state index is 0.157. The molecule has 6 nitrogen and oxygen atoms in total. The maximum Gasteiger partial charge on any atom is 0.231 e. The molecule has 1 fully saturated rings. The van der Waals surface area contributed by atoms with Crippen molar-refractivity contribution in [1.82, 2.24) is 20.1 Å². The molecule has 1 aliphatic rings. The van der Waals surface area contributed by atoms with Gasteiger partial charge < -0.3 is 5.32 Å². The van der Waals surface area contributed by atoms with Crippen LogP contribution in [-0.4, -0.2) is 32.0 Å². The van der Waals surface area contributed by atoms with E-state index in [1.807, 2.05) is 35.8 Å². The third-order valence-electron chi connectivity index (χ3n) is 4.25. The van der Waals surface area contributed by atoms with Crippen molar-refractivity contribution in [2.24, 2.45) is 5.92 Å². The predicted molar refractivity (Wildman–Crippen MR) is 91.7 cm³/mol. The van der Waals surface area contributed by atoms with Gasteiger partial charge in [-0.25, -0.2) is 0 Å². The lowest BCUT2D eigenvalue weighted by Crippen LogP contribution is -2.47. The lowest BCUT2D eigenvalue weighted by molar-refractivity contribution is -0.119. The zero-order valence-corrected chi connectivity index (χ0v) is 14.5. The van der Waals surface area contributed by atoms with E-state index in [1.165, 1.54) is 11.8 Å². The van der Waals surface area contributed by atoms with Crippen LogP contribution in [0.4, 0.5) is 0 Å². The smallest absolute Gasteiger partial charge is 0.231 e. The molecule has 0 unspecified atom stereocenters. The second kappa shape index (κ2) is 6.65. The Morgan fingerprint density at radius 3 is 2.92 bits per heavy atom. The average molecular weight is 341 g/mol. The first-order valence-electron chi connectivity index (χ1n) is 7.84. The Morgan fingerprint density at radius 2 is 2.25 bits per heavy atom. The van der Waals surface area contributed by atoms with E-state index in [0.717, 1.165) is 24.1 Å². The average Bonchev–Trinajstić information content (AvgIpc) is 3.33. The Hall–Kier alpha value is -2.33. The summed E-state index contributed by atoms with van der Waals surface area (Å²) in [7, 11) is 0. The fourth-order valence-electron chi connectivity index (χ4n) is 2.66. The molecule has 0 saturated heterocycles. The van der Waals surface area contributed by atoms with Gasteiger partial charge >= 0.3 is 0 Å². The van der Waals surface area contributed by atoms with Gasteiger partial charge in [-0.15, -0.1) is 10.2 Å². The molecule has 1 atom stereocenters. The van der Waals surface area contributed by atoms with Crippen LogP contribution in [0.2, 0.25) is 0 Å². The number of nitrogens with one attached hydrogen (secondary N) is 1. The Balaban J connectivity index is 1.66. The summed E-state index contributed by atoms with van der Waals surface area (Å²) < 4.78 is 1.87. The number of hydrogen-bond donors (Lipinski definition) is 1. The van der Waals surface area contributed by atoms with Gasteiger partial charge in [-0.2, -0.15) is 5.26 Å².